The van der Waals surface area contributed by atoms with Crippen LogP contribution in [0.5, 0.6) is 0 Å². The second-order valence-corrected chi connectivity index (χ2v) is 5.05. The van der Waals surface area contributed by atoms with E-state index in [1.807, 2.05) is 31.2 Å². The number of carbonyl (C=O) groups excluding carboxylic acids is 1. The minimum atomic E-state index is -0.399. The molecule has 0 radical (unpaired) electrons. The first-order valence-electron chi connectivity index (χ1n) is 6.20. The first-order valence-corrected chi connectivity index (χ1v) is 6.57. The van der Waals surface area contributed by atoms with Gasteiger partial charge in [0.25, 0.3) is 0 Å². The summed E-state index contributed by atoms with van der Waals surface area (Å²) in [5.41, 5.74) is 0.984. The number of halogens is 1. The largest absolute Gasteiger partial charge is 0.393 e. The van der Waals surface area contributed by atoms with Gasteiger partial charge in [-0.1, -0.05) is 29.8 Å². The van der Waals surface area contributed by atoms with E-state index in [1.54, 1.807) is 6.92 Å². The lowest BCUT2D eigenvalue weighted by Gasteiger charge is -2.15. The maximum absolute atomic E-state index is 11.7. The molecule has 3 nitrogen and oxygen atoms in total. The molecule has 2 unspecified atom stereocenters. The number of hydrogen-bond donors (Lipinski definition) is 2. The Morgan fingerprint density at radius 1 is 1.39 bits per heavy atom. The van der Waals surface area contributed by atoms with Crippen LogP contribution in [0.25, 0.3) is 0 Å². The molecule has 0 aliphatic heterocycles. The van der Waals surface area contributed by atoms with E-state index in [4.69, 9.17) is 11.6 Å². The normalized spacial score (nSPS) is 14.0. The highest BCUT2D eigenvalue weighted by Crippen LogP contribution is 2.16. The van der Waals surface area contributed by atoms with Gasteiger partial charge in [0, 0.05) is 17.5 Å². The molecule has 0 aliphatic rings. The minimum Gasteiger partial charge on any atom is -0.393 e. The number of rotatable bonds is 6. The second-order valence-electron chi connectivity index (χ2n) is 4.64. The van der Waals surface area contributed by atoms with Gasteiger partial charge in [0.1, 0.15) is 0 Å². The summed E-state index contributed by atoms with van der Waals surface area (Å²) in [5, 5.41) is 12.8. The summed E-state index contributed by atoms with van der Waals surface area (Å²) >= 11 is 6.02. The van der Waals surface area contributed by atoms with Gasteiger partial charge < -0.3 is 10.4 Å². The average Bonchev–Trinajstić information content (AvgIpc) is 2.26. The summed E-state index contributed by atoms with van der Waals surface area (Å²) < 4.78 is 0. The molecule has 0 bridgehead atoms. The summed E-state index contributed by atoms with van der Waals surface area (Å²) in [6.45, 7) is 3.60. The molecule has 0 fully saturated rings. The SMILES string of the molecule is CC(O)CC(C)NC(=O)CCc1ccccc1Cl. The molecule has 1 aromatic rings. The highest BCUT2D eigenvalue weighted by Gasteiger charge is 2.10. The first-order chi connectivity index (χ1) is 8.49. The van der Waals surface area contributed by atoms with Gasteiger partial charge in [-0.25, -0.2) is 0 Å². The molecule has 1 rings (SSSR count). The van der Waals surface area contributed by atoms with Crippen molar-refractivity contribution in [1.82, 2.24) is 5.32 Å². The lowest BCUT2D eigenvalue weighted by molar-refractivity contribution is -0.121. The molecule has 2 atom stereocenters. The third kappa shape index (κ3) is 5.52. The number of hydrogen-bond acceptors (Lipinski definition) is 2. The van der Waals surface area contributed by atoms with Crippen LogP contribution in [0.3, 0.4) is 0 Å². The molecule has 2 N–H and O–H groups in total. The molecule has 0 aromatic heterocycles. The monoisotopic (exact) mass is 269 g/mol. The van der Waals surface area contributed by atoms with Gasteiger partial charge in [0.2, 0.25) is 5.91 Å². The Balaban J connectivity index is 2.35. The van der Waals surface area contributed by atoms with Gasteiger partial charge in [-0.3, -0.25) is 4.79 Å². The average molecular weight is 270 g/mol. The lowest BCUT2D eigenvalue weighted by atomic mass is 10.1. The van der Waals surface area contributed by atoms with E-state index < -0.39 is 6.10 Å². The highest BCUT2D eigenvalue weighted by atomic mass is 35.5. The predicted molar refractivity (Wildman–Crippen MR) is 73.7 cm³/mol. The van der Waals surface area contributed by atoms with Crippen molar-refractivity contribution in [3.05, 3.63) is 34.9 Å². The summed E-state index contributed by atoms with van der Waals surface area (Å²) in [6, 6.07) is 7.52. The number of nitrogens with one attached hydrogen (secondary N) is 1. The van der Waals surface area contributed by atoms with Gasteiger partial charge in [-0.05, 0) is 38.3 Å². The van der Waals surface area contributed by atoms with Crippen molar-refractivity contribution in [3.63, 3.8) is 0 Å². The van der Waals surface area contributed by atoms with Crippen LogP contribution < -0.4 is 5.32 Å². The van der Waals surface area contributed by atoms with Crippen molar-refractivity contribution in [3.8, 4) is 0 Å². The molecule has 0 heterocycles. The Kier molecular flexibility index (Phi) is 6.16. The summed E-state index contributed by atoms with van der Waals surface area (Å²) in [5.74, 6) is -0.0110. The van der Waals surface area contributed by atoms with E-state index in [-0.39, 0.29) is 11.9 Å². The smallest absolute Gasteiger partial charge is 0.220 e. The number of benzene rings is 1. The van der Waals surface area contributed by atoms with Crippen LogP contribution in [0.4, 0.5) is 0 Å². The zero-order valence-electron chi connectivity index (χ0n) is 10.8. The fourth-order valence-electron chi connectivity index (χ4n) is 1.87. The number of aliphatic hydroxyl groups excluding tert-OH is 1. The third-order valence-electron chi connectivity index (χ3n) is 2.68. The number of aryl methyl sites for hydroxylation is 1. The van der Waals surface area contributed by atoms with Crippen molar-refractivity contribution >= 4 is 17.5 Å². The first kappa shape index (κ1) is 15.0. The Labute approximate surface area is 113 Å². The number of aliphatic hydroxyl groups is 1. The van der Waals surface area contributed by atoms with E-state index in [9.17, 15) is 9.90 Å². The van der Waals surface area contributed by atoms with Gasteiger partial charge >= 0.3 is 0 Å². The van der Waals surface area contributed by atoms with Crippen molar-refractivity contribution in [2.24, 2.45) is 0 Å². The van der Waals surface area contributed by atoms with Gasteiger partial charge in [0.05, 0.1) is 6.10 Å². The molecule has 18 heavy (non-hydrogen) atoms. The van der Waals surface area contributed by atoms with E-state index in [0.717, 1.165) is 5.56 Å². The summed E-state index contributed by atoms with van der Waals surface area (Å²) in [4.78, 5) is 11.7. The van der Waals surface area contributed by atoms with Crippen LogP contribution in [-0.4, -0.2) is 23.2 Å². The van der Waals surface area contributed by atoms with E-state index >= 15 is 0 Å². The van der Waals surface area contributed by atoms with Crippen LogP contribution in [0.1, 0.15) is 32.3 Å². The zero-order valence-corrected chi connectivity index (χ0v) is 11.6. The van der Waals surface area contributed by atoms with Crippen LogP contribution in [0.2, 0.25) is 5.02 Å². The topological polar surface area (TPSA) is 49.3 Å². The maximum Gasteiger partial charge on any atom is 0.220 e. The Bertz CT molecular complexity index is 393. The molecule has 1 aromatic carbocycles. The molecule has 0 aliphatic carbocycles. The van der Waals surface area contributed by atoms with Crippen molar-refractivity contribution in [2.75, 3.05) is 0 Å². The second kappa shape index (κ2) is 7.39. The molecule has 4 heteroatoms. The van der Waals surface area contributed by atoms with Crippen molar-refractivity contribution in [2.45, 2.75) is 45.3 Å². The minimum absolute atomic E-state index is 0.0104. The maximum atomic E-state index is 11.7. The third-order valence-corrected chi connectivity index (χ3v) is 3.05. The number of amides is 1. The van der Waals surface area contributed by atoms with Gasteiger partial charge in [0.15, 0.2) is 0 Å². The lowest BCUT2D eigenvalue weighted by Crippen LogP contribution is -2.34. The Morgan fingerprint density at radius 2 is 2.06 bits per heavy atom. The zero-order chi connectivity index (χ0) is 13.5. The Hall–Kier alpha value is -1.06. The van der Waals surface area contributed by atoms with E-state index in [0.29, 0.717) is 24.3 Å². The van der Waals surface area contributed by atoms with Gasteiger partial charge in [-0.15, -0.1) is 0 Å². The highest BCUT2D eigenvalue weighted by molar-refractivity contribution is 6.31. The quantitative estimate of drug-likeness (QED) is 0.834. The molecule has 0 saturated heterocycles. The van der Waals surface area contributed by atoms with Gasteiger partial charge in [-0.2, -0.15) is 0 Å². The standard InChI is InChI=1S/C14H20ClNO2/c1-10(9-11(2)17)16-14(18)8-7-12-5-3-4-6-13(12)15/h3-6,10-11,17H,7-9H2,1-2H3,(H,16,18). The molecule has 0 spiro atoms. The van der Waals surface area contributed by atoms with Crippen LogP contribution in [0, 0.1) is 0 Å². The van der Waals surface area contributed by atoms with Crippen molar-refractivity contribution < 1.29 is 9.90 Å². The molecular formula is C14H20ClNO2. The number of carbonyl (C=O) groups is 1. The predicted octanol–water partition coefficient (Wildman–Crippen LogP) is 2.55. The fraction of sp³-hybridized carbons (Fsp3) is 0.500. The molecule has 1 amide bonds. The Morgan fingerprint density at radius 3 is 2.67 bits per heavy atom. The van der Waals surface area contributed by atoms with Crippen LogP contribution >= 0.6 is 11.6 Å². The van der Waals surface area contributed by atoms with Crippen molar-refractivity contribution in [1.29, 1.82) is 0 Å². The fourth-order valence-corrected chi connectivity index (χ4v) is 2.10. The molecule has 0 saturated carbocycles. The molecule has 100 valence electrons. The summed E-state index contributed by atoms with van der Waals surface area (Å²) in [7, 11) is 0. The van der Waals surface area contributed by atoms with Crippen LogP contribution in [-0.2, 0) is 11.2 Å². The molecular weight excluding hydrogens is 250 g/mol. The summed E-state index contributed by atoms with van der Waals surface area (Å²) in [6.07, 6.45) is 1.21. The van der Waals surface area contributed by atoms with Crippen LogP contribution in [0.15, 0.2) is 24.3 Å². The van der Waals surface area contributed by atoms with E-state index in [2.05, 4.69) is 5.32 Å². The van der Waals surface area contributed by atoms with E-state index in [1.165, 1.54) is 0 Å².